The van der Waals surface area contributed by atoms with Crippen LogP contribution in [0.3, 0.4) is 0 Å². The summed E-state index contributed by atoms with van der Waals surface area (Å²) < 4.78 is 132. The highest BCUT2D eigenvalue weighted by Crippen LogP contribution is 2.46. The zero-order chi connectivity index (χ0) is 38.3. The molecule has 8 aromatic rings. The molecule has 0 spiro atoms. The van der Waals surface area contributed by atoms with Crippen LogP contribution in [0, 0.1) is 22.7 Å². The maximum Gasteiger partial charge on any atom is 0.417 e. The second-order valence-electron chi connectivity index (χ2n) is 12.5. The smallest absolute Gasteiger partial charge is 0.307 e. The summed E-state index contributed by atoms with van der Waals surface area (Å²) in [6.45, 7) is 0. The minimum atomic E-state index is -5.01. The van der Waals surface area contributed by atoms with Gasteiger partial charge in [-0.3, -0.25) is 0 Å². The average molecular weight is 739 g/mol. The SMILES string of the molecule is N#Cc1cc(-n2c3ccccc3c3ccc(C(F)(F)F)cc32)c(-n2c3ccccc3c3ccc(C(F)(F)F)cc32)cc1-c1c(C#N)cccc1C(F)(F)F. The van der Waals surface area contributed by atoms with Gasteiger partial charge in [0.2, 0.25) is 0 Å². The van der Waals surface area contributed by atoms with Gasteiger partial charge in [-0.1, -0.05) is 54.6 Å². The normalized spacial score (nSPS) is 12.5. The van der Waals surface area contributed by atoms with Gasteiger partial charge in [0.1, 0.15) is 0 Å². The summed E-state index contributed by atoms with van der Waals surface area (Å²) in [6.07, 6.45) is -14.6. The van der Waals surface area contributed by atoms with Crippen molar-refractivity contribution >= 4 is 43.6 Å². The molecule has 4 nitrogen and oxygen atoms in total. The zero-order valence-electron chi connectivity index (χ0n) is 27.2. The lowest BCUT2D eigenvalue weighted by molar-refractivity contribution is -0.138. The summed E-state index contributed by atoms with van der Waals surface area (Å²) in [5, 5.41) is 22.2. The van der Waals surface area contributed by atoms with Gasteiger partial charge >= 0.3 is 18.5 Å². The maximum atomic E-state index is 14.6. The van der Waals surface area contributed by atoms with Crippen molar-refractivity contribution < 1.29 is 39.5 Å². The van der Waals surface area contributed by atoms with Crippen LogP contribution in [0.4, 0.5) is 39.5 Å². The molecule has 0 aliphatic heterocycles. The van der Waals surface area contributed by atoms with Crippen LogP contribution >= 0.6 is 0 Å². The van der Waals surface area contributed by atoms with E-state index in [1.54, 1.807) is 54.6 Å². The largest absolute Gasteiger partial charge is 0.417 e. The van der Waals surface area contributed by atoms with Gasteiger partial charge in [-0.2, -0.15) is 50.0 Å². The van der Waals surface area contributed by atoms with Gasteiger partial charge in [-0.05, 0) is 60.7 Å². The molecule has 2 heterocycles. The second kappa shape index (κ2) is 11.9. The summed E-state index contributed by atoms with van der Waals surface area (Å²) in [4.78, 5) is 0. The molecule has 0 aliphatic carbocycles. The van der Waals surface area contributed by atoms with Crippen molar-refractivity contribution in [3.8, 4) is 34.6 Å². The molecule has 266 valence electrons. The molecule has 0 N–H and O–H groups in total. The van der Waals surface area contributed by atoms with E-state index in [-0.39, 0.29) is 33.5 Å². The molecule has 0 amide bonds. The van der Waals surface area contributed by atoms with Crippen molar-refractivity contribution in [2.45, 2.75) is 18.5 Å². The summed E-state index contributed by atoms with van der Waals surface area (Å²) >= 11 is 0. The molecule has 0 unspecified atom stereocenters. The van der Waals surface area contributed by atoms with Gasteiger partial charge in [-0.25, -0.2) is 0 Å². The Balaban J connectivity index is 1.62. The number of benzene rings is 6. The number of nitriles is 2. The van der Waals surface area contributed by atoms with Crippen LogP contribution in [0.5, 0.6) is 0 Å². The van der Waals surface area contributed by atoms with E-state index in [0.717, 1.165) is 42.5 Å². The lowest BCUT2D eigenvalue weighted by atomic mass is 9.90. The zero-order valence-corrected chi connectivity index (χ0v) is 27.2. The first kappa shape index (κ1) is 34.4. The first-order chi connectivity index (χ1) is 25.6. The quantitative estimate of drug-likeness (QED) is 0.170. The summed E-state index contributed by atoms with van der Waals surface area (Å²) in [7, 11) is 0. The van der Waals surface area contributed by atoms with Gasteiger partial charge in [0.15, 0.2) is 0 Å². The first-order valence-electron chi connectivity index (χ1n) is 16.0. The van der Waals surface area contributed by atoms with Crippen molar-refractivity contribution in [2.24, 2.45) is 0 Å². The number of hydrogen-bond acceptors (Lipinski definition) is 2. The van der Waals surface area contributed by atoms with Crippen LogP contribution < -0.4 is 0 Å². The van der Waals surface area contributed by atoms with Crippen LogP contribution in [0.1, 0.15) is 27.8 Å². The highest BCUT2D eigenvalue weighted by atomic mass is 19.4. The van der Waals surface area contributed by atoms with E-state index in [0.29, 0.717) is 32.6 Å². The van der Waals surface area contributed by atoms with Gasteiger partial charge < -0.3 is 9.13 Å². The number of nitrogens with zero attached hydrogens (tertiary/aromatic N) is 4. The predicted molar refractivity (Wildman–Crippen MR) is 185 cm³/mol. The highest BCUT2D eigenvalue weighted by Gasteiger charge is 2.37. The van der Waals surface area contributed by atoms with Crippen LogP contribution in [0.15, 0.2) is 115 Å². The molecule has 0 aliphatic rings. The topological polar surface area (TPSA) is 57.4 Å². The molecule has 54 heavy (non-hydrogen) atoms. The number of hydrogen-bond donors (Lipinski definition) is 0. The molecule has 8 rings (SSSR count). The van der Waals surface area contributed by atoms with Gasteiger partial charge in [0, 0.05) is 32.7 Å². The molecule has 0 fully saturated rings. The Kier molecular flexibility index (Phi) is 7.57. The van der Waals surface area contributed by atoms with Crippen LogP contribution in [0.25, 0.3) is 66.1 Å². The fourth-order valence-electron chi connectivity index (χ4n) is 7.22. The van der Waals surface area contributed by atoms with Gasteiger partial charge in [-0.15, -0.1) is 0 Å². The minimum Gasteiger partial charge on any atom is -0.307 e. The van der Waals surface area contributed by atoms with Crippen molar-refractivity contribution in [1.82, 2.24) is 9.13 Å². The van der Waals surface area contributed by atoms with Crippen LogP contribution in [-0.2, 0) is 18.5 Å². The summed E-state index contributed by atoms with van der Waals surface area (Å²) in [5.74, 6) is 0. The highest BCUT2D eigenvalue weighted by molar-refractivity contribution is 6.12. The van der Waals surface area contributed by atoms with Crippen molar-refractivity contribution in [2.75, 3.05) is 0 Å². The molecule has 6 aromatic carbocycles. The third-order valence-corrected chi connectivity index (χ3v) is 9.48. The Morgan fingerprint density at radius 2 is 0.889 bits per heavy atom. The lowest BCUT2D eigenvalue weighted by Crippen LogP contribution is -2.11. The molecule has 0 bridgehead atoms. The Hall–Kier alpha value is -6.73. The first-order valence-corrected chi connectivity index (χ1v) is 16.0. The van der Waals surface area contributed by atoms with E-state index in [1.165, 1.54) is 33.4 Å². The third-order valence-electron chi connectivity index (χ3n) is 9.48. The second-order valence-corrected chi connectivity index (χ2v) is 12.5. The number of para-hydroxylation sites is 2. The number of alkyl halides is 9. The summed E-state index contributed by atoms with van der Waals surface area (Å²) in [6, 6.07) is 28.1. The molecule has 0 atom stereocenters. The fourth-order valence-corrected chi connectivity index (χ4v) is 7.22. The van der Waals surface area contributed by atoms with Crippen molar-refractivity contribution in [3.05, 3.63) is 143 Å². The molecule has 2 aromatic heterocycles. The van der Waals surface area contributed by atoms with Gasteiger partial charge in [0.25, 0.3) is 0 Å². The Labute approximate surface area is 298 Å². The van der Waals surface area contributed by atoms with E-state index in [4.69, 9.17) is 0 Å². The van der Waals surface area contributed by atoms with E-state index >= 15 is 0 Å². The molecule has 0 saturated heterocycles. The fraction of sp³-hybridized carbons (Fsp3) is 0.0732. The van der Waals surface area contributed by atoms with E-state index in [9.17, 15) is 50.0 Å². The van der Waals surface area contributed by atoms with Crippen molar-refractivity contribution in [1.29, 1.82) is 10.5 Å². The van der Waals surface area contributed by atoms with E-state index in [2.05, 4.69) is 0 Å². The molecular formula is C41H19F9N4. The lowest BCUT2D eigenvalue weighted by Gasteiger charge is -2.21. The Morgan fingerprint density at radius 3 is 1.35 bits per heavy atom. The number of rotatable bonds is 3. The van der Waals surface area contributed by atoms with Crippen molar-refractivity contribution in [3.63, 3.8) is 0 Å². The average Bonchev–Trinajstić information content (AvgIpc) is 3.65. The molecule has 0 radical (unpaired) electrons. The molecule has 0 saturated carbocycles. The van der Waals surface area contributed by atoms with Gasteiger partial charge in [0.05, 0.1) is 73.4 Å². The van der Waals surface area contributed by atoms with Crippen LogP contribution in [-0.4, -0.2) is 9.13 Å². The number of halogens is 9. The molecule has 13 heteroatoms. The predicted octanol–water partition coefficient (Wildman–Crippen LogP) is 12.3. The van der Waals surface area contributed by atoms with E-state index in [1.807, 2.05) is 6.07 Å². The number of aromatic nitrogens is 2. The standard InChI is InChI=1S/C41H19F9N4/c42-39(43,44)24-12-14-28-26-7-1-3-10-32(26)53(34(28)17-24)36-16-23(21-52)30(38-22(20-51)6-5-9-31(38)41(48,49)50)19-37(36)54-33-11-4-2-8-27(33)29-15-13-25(18-35(29)54)40(45,46)47/h1-19H. The third kappa shape index (κ3) is 5.31. The monoisotopic (exact) mass is 738 g/mol. The Morgan fingerprint density at radius 1 is 0.426 bits per heavy atom. The molecular weight excluding hydrogens is 719 g/mol. The minimum absolute atomic E-state index is 0.00840. The maximum absolute atomic E-state index is 14.6. The van der Waals surface area contributed by atoms with Crippen LogP contribution in [0.2, 0.25) is 0 Å². The Bertz CT molecular complexity index is 2930. The van der Waals surface area contributed by atoms with E-state index < -0.39 is 46.3 Å². The summed E-state index contributed by atoms with van der Waals surface area (Å²) in [5.41, 5.74) is -4.57. The number of fused-ring (bicyclic) bond motifs is 6.